The molecule has 1 aromatic carbocycles. The number of benzene rings is 1. The summed E-state index contributed by atoms with van der Waals surface area (Å²) in [5.41, 5.74) is 6.34. The van der Waals surface area contributed by atoms with Crippen LogP contribution < -0.4 is 5.73 Å². The van der Waals surface area contributed by atoms with E-state index < -0.39 is 12.0 Å². The molecule has 1 unspecified atom stereocenters. The van der Waals surface area contributed by atoms with E-state index in [-0.39, 0.29) is 0 Å². The number of ether oxygens (including phenoxy) is 1. The van der Waals surface area contributed by atoms with E-state index >= 15 is 0 Å². The second kappa shape index (κ2) is 5.35. The Morgan fingerprint density at radius 1 is 1.53 bits per heavy atom. The Balaban J connectivity index is 2.80. The van der Waals surface area contributed by atoms with Crippen molar-refractivity contribution in [3.8, 4) is 0 Å². The third-order valence-corrected chi connectivity index (χ3v) is 2.56. The maximum Gasteiger partial charge on any atom is 0.322 e. The fourth-order valence-corrected chi connectivity index (χ4v) is 1.56. The van der Waals surface area contributed by atoms with Crippen molar-refractivity contribution < 1.29 is 9.53 Å². The molecule has 3 nitrogen and oxygen atoms in total. The Morgan fingerprint density at radius 3 is 2.80 bits per heavy atom. The van der Waals surface area contributed by atoms with Crippen LogP contribution in [0.4, 0.5) is 0 Å². The van der Waals surface area contributed by atoms with Gasteiger partial charge in [-0.25, -0.2) is 0 Å². The molecule has 1 atom stereocenters. The van der Waals surface area contributed by atoms with Gasteiger partial charge in [0.1, 0.15) is 6.04 Å². The first-order valence-corrected chi connectivity index (χ1v) is 5.07. The van der Waals surface area contributed by atoms with Crippen LogP contribution in [0.25, 0.3) is 0 Å². The molecule has 2 N–H and O–H groups in total. The largest absolute Gasteiger partial charge is 0.468 e. The summed E-state index contributed by atoms with van der Waals surface area (Å²) in [5.74, 6) is -0.467. The Labute approximate surface area is 98.1 Å². The summed E-state index contributed by atoms with van der Waals surface area (Å²) in [7, 11) is 1.29. The molecule has 1 rings (SSSR count). The molecule has 0 aliphatic carbocycles. The molecule has 0 saturated heterocycles. The molecule has 0 saturated carbocycles. The number of carbonyl (C=O) groups is 1. The van der Waals surface area contributed by atoms with Crippen molar-refractivity contribution in [1.29, 1.82) is 0 Å². The quantitative estimate of drug-likeness (QED) is 0.832. The van der Waals surface area contributed by atoms with Gasteiger partial charge in [0.2, 0.25) is 0 Å². The number of halogens is 2. The summed E-state index contributed by atoms with van der Waals surface area (Å²) in [6.45, 7) is 0. The van der Waals surface area contributed by atoms with Crippen LogP contribution in [-0.2, 0) is 16.0 Å². The highest BCUT2D eigenvalue weighted by Crippen LogP contribution is 2.21. The van der Waals surface area contributed by atoms with Crippen molar-refractivity contribution in [3.63, 3.8) is 0 Å². The molecule has 0 radical (unpaired) electrons. The van der Waals surface area contributed by atoms with Gasteiger partial charge in [0, 0.05) is 10.0 Å². The highest BCUT2D eigenvalue weighted by atomic mass is 35.5. The van der Waals surface area contributed by atoms with Crippen LogP contribution in [0.5, 0.6) is 0 Å². The van der Waals surface area contributed by atoms with Gasteiger partial charge in [0.25, 0.3) is 0 Å². The van der Waals surface area contributed by atoms with Crippen LogP contribution in [0.2, 0.25) is 10.0 Å². The number of hydrogen-bond donors (Lipinski definition) is 1. The number of hydrogen-bond acceptors (Lipinski definition) is 3. The average molecular weight is 248 g/mol. The summed E-state index contributed by atoms with van der Waals surface area (Å²) < 4.78 is 4.51. The fraction of sp³-hybridized carbons (Fsp3) is 0.300. The number of carbonyl (C=O) groups excluding carboxylic acids is 1. The first-order valence-electron chi connectivity index (χ1n) is 4.32. The Morgan fingerprint density at radius 2 is 2.20 bits per heavy atom. The maximum absolute atomic E-state index is 11.1. The van der Waals surface area contributed by atoms with E-state index in [1.54, 1.807) is 18.2 Å². The highest BCUT2D eigenvalue weighted by Gasteiger charge is 2.15. The zero-order valence-electron chi connectivity index (χ0n) is 8.17. The molecule has 1 aromatic rings. The lowest BCUT2D eigenvalue weighted by molar-refractivity contribution is -0.142. The van der Waals surface area contributed by atoms with Crippen LogP contribution in [0.3, 0.4) is 0 Å². The minimum Gasteiger partial charge on any atom is -0.468 e. The van der Waals surface area contributed by atoms with Gasteiger partial charge in [0.05, 0.1) is 7.11 Å². The van der Waals surface area contributed by atoms with Crippen molar-refractivity contribution in [1.82, 2.24) is 0 Å². The SMILES string of the molecule is COC(=O)C(N)Cc1cc(Cl)ccc1Cl. The van der Waals surface area contributed by atoms with Gasteiger partial charge in [-0.05, 0) is 30.2 Å². The molecule has 0 aromatic heterocycles. The van der Waals surface area contributed by atoms with E-state index in [2.05, 4.69) is 4.74 Å². The monoisotopic (exact) mass is 247 g/mol. The van der Waals surface area contributed by atoms with Gasteiger partial charge < -0.3 is 10.5 Å². The maximum atomic E-state index is 11.1. The van der Waals surface area contributed by atoms with Crippen LogP contribution in [0.1, 0.15) is 5.56 Å². The average Bonchev–Trinajstić information content (AvgIpc) is 2.22. The van der Waals surface area contributed by atoms with Gasteiger partial charge in [-0.2, -0.15) is 0 Å². The molecule has 0 spiro atoms. The first-order chi connectivity index (χ1) is 7.04. The van der Waals surface area contributed by atoms with E-state index in [1.807, 2.05) is 0 Å². The molecule has 15 heavy (non-hydrogen) atoms. The van der Waals surface area contributed by atoms with Crippen LogP contribution in [0.15, 0.2) is 18.2 Å². The normalized spacial score (nSPS) is 12.3. The van der Waals surface area contributed by atoms with Crippen molar-refractivity contribution in [3.05, 3.63) is 33.8 Å². The third kappa shape index (κ3) is 3.38. The Kier molecular flexibility index (Phi) is 4.39. The fourth-order valence-electron chi connectivity index (χ4n) is 1.17. The van der Waals surface area contributed by atoms with Gasteiger partial charge >= 0.3 is 5.97 Å². The molecule has 0 fully saturated rings. The highest BCUT2D eigenvalue weighted by molar-refractivity contribution is 6.33. The number of methoxy groups -OCH3 is 1. The molecule has 0 aliphatic rings. The predicted octanol–water partition coefficient (Wildman–Crippen LogP) is 2.04. The number of esters is 1. The third-order valence-electron chi connectivity index (χ3n) is 1.95. The molecule has 0 amide bonds. The molecule has 0 bridgehead atoms. The van der Waals surface area contributed by atoms with E-state index in [0.29, 0.717) is 16.5 Å². The standard InChI is InChI=1S/C10H11Cl2NO2/c1-15-10(14)9(13)5-6-4-7(11)2-3-8(6)12/h2-4,9H,5,13H2,1H3. The lowest BCUT2D eigenvalue weighted by Crippen LogP contribution is -2.33. The number of nitrogens with two attached hydrogens (primary N) is 1. The summed E-state index contributed by atoms with van der Waals surface area (Å²) >= 11 is 11.7. The van der Waals surface area contributed by atoms with E-state index in [9.17, 15) is 4.79 Å². The second-order valence-electron chi connectivity index (χ2n) is 3.07. The second-order valence-corrected chi connectivity index (χ2v) is 3.91. The van der Waals surface area contributed by atoms with Gasteiger partial charge in [-0.1, -0.05) is 23.2 Å². The first kappa shape index (κ1) is 12.3. The van der Waals surface area contributed by atoms with Crippen LogP contribution >= 0.6 is 23.2 Å². The number of rotatable bonds is 3. The predicted molar refractivity (Wildman–Crippen MR) is 60.2 cm³/mol. The molecule has 82 valence electrons. The lowest BCUT2D eigenvalue weighted by Gasteiger charge is -2.10. The topological polar surface area (TPSA) is 52.3 Å². The molecule has 0 aliphatic heterocycles. The zero-order valence-corrected chi connectivity index (χ0v) is 9.68. The van der Waals surface area contributed by atoms with Crippen molar-refractivity contribution in [2.75, 3.05) is 7.11 Å². The summed E-state index contributed by atoms with van der Waals surface area (Å²) in [6, 6.07) is 4.32. The molecular weight excluding hydrogens is 237 g/mol. The molecule has 5 heteroatoms. The van der Waals surface area contributed by atoms with E-state index in [0.717, 1.165) is 5.56 Å². The van der Waals surface area contributed by atoms with Gasteiger partial charge in [-0.15, -0.1) is 0 Å². The Hall–Kier alpha value is -0.770. The van der Waals surface area contributed by atoms with E-state index in [4.69, 9.17) is 28.9 Å². The van der Waals surface area contributed by atoms with Gasteiger partial charge in [0.15, 0.2) is 0 Å². The zero-order chi connectivity index (χ0) is 11.4. The van der Waals surface area contributed by atoms with Crippen LogP contribution in [-0.4, -0.2) is 19.1 Å². The summed E-state index contributed by atoms with van der Waals surface area (Å²) in [6.07, 6.45) is 0.312. The smallest absolute Gasteiger partial charge is 0.322 e. The van der Waals surface area contributed by atoms with Gasteiger partial charge in [-0.3, -0.25) is 4.79 Å². The Bertz CT molecular complexity index is 368. The minimum absolute atomic E-state index is 0.312. The molecular formula is C10H11Cl2NO2. The summed E-state index contributed by atoms with van der Waals surface area (Å²) in [4.78, 5) is 11.1. The summed E-state index contributed by atoms with van der Waals surface area (Å²) in [5, 5.41) is 1.10. The van der Waals surface area contributed by atoms with Crippen LogP contribution in [0, 0.1) is 0 Å². The minimum atomic E-state index is -0.717. The van der Waals surface area contributed by atoms with Crippen molar-refractivity contribution in [2.45, 2.75) is 12.5 Å². The molecule has 0 heterocycles. The van der Waals surface area contributed by atoms with Crippen molar-refractivity contribution >= 4 is 29.2 Å². The van der Waals surface area contributed by atoms with E-state index in [1.165, 1.54) is 7.11 Å². The lowest BCUT2D eigenvalue weighted by atomic mass is 10.1. The van der Waals surface area contributed by atoms with Crippen molar-refractivity contribution in [2.24, 2.45) is 5.73 Å².